The van der Waals surface area contributed by atoms with Gasteiger partial charge >= 0.3 is 6.18 Å². The van der Waals surface area contributed by atoms with Gasteiger partial charge in [-0.15, -0.1) is 0 Å². The zero-order chi connectivity index (χ0) is 17.6. The quantitative estimate of drug-likeness (QED) is 0.826. The van der Waals surface area contributed by atoms with E-state index in [1.807, 2.05) is 24.3 Å². The number of aryl methyl sites for hydroxylation is 2. The first-order valence-corrected chi connectivity index (χ1v) is 7.89. The lowest BCUT2D eigenvalue weighted by molar-refractivity contribution is -0.137. The van der Waals surface area contributed by atoms with Gasteiger partial charge in [-0.3, -0.25) is 4.79 Å². The van der Waals surface area contributed by atoms with Gasteiger partial charge in [0.2, 0.25) is 5.91 Å². The van der Waals surface area contributed by atoms with Crippen molar-refractivity contribution >= 4 is 5.91 Å². The third-order valence-electron chi connectivity index (χ3n) is 3.82. The van der Waals surface area contributed by atoms with Gasteiger partial charge < -0.3 is 5.32 Å². The molecule has 0 heterocycles. The second-order valence-corrected chi connectivity index (χ2v) is 5.64. The summed E-state index contributed by atoms with van der Waals surface area (Å²) in [6.07, 6.45) is -2.48. The van der Waals surface area contributed by atoms with Crippen LogP contribution in [-0.4, -0.2) is 5.91 Å². The number of nitrogens with one attached hydrogen (secondary N) is 1. The molecular formula is C19H20F3NO. The van der Waals surface area contributed by atoms with E-state index in [0.717, 1.165) is 24.1 Å². The summed E-state index contributed by atoms with van der Waals surface area (Å²) in [6.45, 7) is 2.17. The minimum atomic E-state index is -4.37. The molecule has 0 fully saturated rings. The van der Waals surface area contributed by atoms with Crippen LogP contribution in [0, 0.1) is 0 Å². The van der Waals surface area contributed by atoms with E-state index in [9.17, 15) is 18.0 Å². The van der Waals surface area contributed by atoms with E-state index >= 15 is 0 Å². The topological polar surface area (TPSA) is 29.1 Å². The van der Waals surface area contributed by atoms with E-state index in [0.29, 0.717) is 18.4 Å². The molecule has 0 saturated heterocycles. The molecule has 0 saturated carbocycles. The standard InChI is InChI=1S/C19H20F3NO/c1-2-14-6-8-15(9-7-14)10-11-18(24)23-13-16-4-3-5-17(12-16)19(20,21)22/h3-9,12H,2,10-11,13H2,1H3,(H,23,24). The number of halogens is 3. The maximum Gasteiger partial charge on any atom is 0.416 e. The van der Waals surface area contributed by atoms with Crippen LogP contribution < -0.4 is 5.32 Å². The molecule has 0 aliphatic carbocycles. The Morgan fingerprint density at radius 1 is 1.00 bits per heavy atom. The van der Waals surface area contributed by atoms with Crippen LogP contribution in [0.2, 0.25) is 0 Å². The number of amides is 1. The molecule has 0 spiro atoms. The third kappa shape index (κ3) is 5.41. The fourth-order valence-corrected chi connectivity index (χ4v) is 2.35. The lowest BCUT2D eigenvalue weighted by Gasteiger charge is -2.10. The van der Waals surface area contributed by atoms with E-state index in [1.54, 1.807) is 6.07 Å². The van der Waals surface area contributed by atoms with Crippen molar-refractivity contribution in [2.45, 2.75) is 38.9 Å². The average molecular weight is 335 g/mol. The van der Waals surface area contributed by atoms with Crippen molar-refractivity contribution in [1.29, 1.82) is 0 Å². The summed E-state index contributed by atoms with van der Waals surface area (Å²) in [6, 6.07) is 13.1. The largest absolute Gasteiger partial charge is 0.416 e. The van der Waals surface area contributed by atoms with Crippen LogP contribution in [0.3, 0.4) is 0 Å². The number of rotatable bonds is 6. The van der Waals surface area contributed by atoms with Gasteiger partial charge in [-0.2, -0.15) is 13.2 Å². The molecule has 1 N–H and O–H groups in total. The van der Waals surface area contributed by atoms with Crippen LogP contribution in [0.25, 0.3) is 0 Å². The minimum Gasteiger partial charge on any atom is -0.352 e. The lowest BCUT2D eigenvalue weighted by Crippen LogP contribution is -2.23. The van der Waals surface area contributed by atoms with Crippen molar-refractivity contribution in [3.05, 3.63) is 70.8 Å². The van der Waals surface area contributed by atoms with E-state index in [-0.39, 0.29) is 12.5 Å². The predicted molar refractivity (Wildman–Crippen MR) is 87.4 cm³/mol. The highest BCUT2D eigenvalue weighted by Gasteiger charge is 2.30. The van der Waals surface area contributed by atoms with Gasteiger partial charge in [-0.1, -0.05) is 43.3 Å². The molecule has 2 aromatic rings. The molecular weight excluding hydrogens is 315 g/mol. The Morgan fingerprint density at radius 2 is 1.67 bits per heavy atom. The monoisotopic (exact) mass is 335 g/mol. The highest BCUT2D eigenvalue weighted by Crippen LogP contribution is 2.29. The zero-order valence-electron chi connectivity index (χ0n) is 13.5. The fourth-order valence-electron chi connectivity index (χ4n) is 2.35. The summed E-state index contributed by atoms with van der Waals surface area (Å²) < 4.78 is 37.9. The first kappa shape index (κ1) is 18.0. The normalized spacial score (nSPS) is 11.3. The number of hydrogen-bond donors (Lipinski definition) is 1. The van der Waals surface area contributed by atoms with E-state index in [2.05, 4.69) is 12.2 Å². The van der Waals surface area contributed by atoms with Gasteiger partial charge in [0.25, 0.3) is 0 Å². The lowest BCUT2D eigenvalue weighted by atomic mass is 10.1. The molecule has 2 aromatic carbocycles. The maximum absolute atomic E-state index is 12.6. The Labute approximate surface area is 139 Å². The van der Waals surface area contributed by atoms with Gasteiger partial charge in [-0.25, -0.2) is 0 Å². The van der Waals surface area contributed by atoms with E-state index in [1.165, 1.54) is 11.6 Å². The van der Waals surface area contributed by atoms with Gasteiger partial charge in [0.15, 0.2) is 0 Å². The second kappa shape index (κ2) is 7.99. The molecule has 0 aliphatic heterocycles. The van der Waals surface area contributed by atoms with Crippen LogP contribution in [0.1, 0.15) is 35.6 Å². The van der Waals surface area contributed by atoms with Gasteiger partial charge in [0.1, 0.15) is 0 Å². The Kier molecular flexibility index (Phi) is 6.01. The Balaban J connectivity index is 1.82. The van der Waals surface area contributed by atoms with Crippen LogP contribution in [0.15, 0.2) is 48.5 Å². The molecule has 0 unspecified atom stereocenters. The van der Waals surface area contributed by atoms with Crippen molar-refractivity contribution in [3.8, 4) is 0 Å². The molecule has 0 bridgehead atoms. The predicted octanol–water partition coefficient (Wildman–Crippen LogP) is 4.52. The van der Waals surface area contributed by atoms with Crippen LogP contribution in [0.4, 0.5) is 13.2 Å². The fraction of sp³-hybridized carbons (Fsp3) is 0.316. The van der Waals surface area contributed by atoms with Crippen molar-refractivity contribution in [1.82, 2.24) is 5.32 Å². The molecule has 128 valence electrons. The second-order valence-electron chi connectivity index (χ2n) is 5.64. The van der Waals surface area contributed by atoms with E-state index < -0.39 is 11.7 Å². The molecule has 24 heavy (non-hydrogen) atoms. The summed E-state index contributed by atoms with van der Waals surface area (Å²) in [4.78, 5) is 11.9. The molecule has 0 aromatic heterocycles. The number of carbonyl (C=O) groups excluding carboxylic acids is 1. The van der Waals surface area contributed by atoms with Crippen molar-refractivity contribution in [2.24, 2.45) is 0 Å². The molecule has 2 rings (SSSR count). The number of benzene rings is 2. The minimum absolute atomic E-state index is 0.0948. The van der Waals surface area contributed by atoms with Gasteiger partial charge in [-0.05, 0) is 41.7 Å². The van der Waals surface area contributed by atoms with Crippen LogP contribution >= 0.6 is 0 Å². The third-order valence-corrected chi connectivity index (χ3v) is 3.82. The molecule has 2 nitrogen and oxygen atoms in total. The zero-order valence-corrected chi connectivity index (χ0v) is 13.5. The Bertz CT molecular complexity index is 678. The highest BCUT2D eigenvalue weighted by molar-refractivity contribution is 5.76. The maximum atomic E-state index is 12.6. The molecule has 0 atom stereocenters. The molecule has 0 aliphatic rings. The summed E-state index contributed by atoms with van der Waals surface area (Å²) in [5, 5.41) is 2.66. The highest BCUT2D eigenvalue weighted by atomic mass is 19.4. The number of hydrogen-bond acceptors (Lipinski definition) is 1. The van der Waals surface area contributed by atoms with E-state index in [4.69, 9.17) is 0 Å². The first-order valence-electron chi connectivity index (χ1n) is 7.89. The number of carbonyl (C=O) groups is 1. The molecule has 0 radical (unpaired) electrons. The summed E-state index contributed by atoms with van der Waals surface area (Å²) in [7, 11) is 0. The number of alkyl halides is 3. The van der Waals surface area contributed by atoms with Crippen LogP contribution in [-0.2, 0) is 30.4 Å². The smallest absolute Gasteiger partial charge is 0.352 e. The van der Waals surface area contributed by atoms with Crippen LogP contribution in [0.5, 0.6) is 0 Å². The summed E-state index contributed by atoms with van der Waals surface area (Å²) >= 11 is 0. The van der Waals surface area contributed by atoms with Gasteiger partial charge in [0.05, 0.1) is 5.56 Å². The Morgan fingerprint density at radius 3 is 2.29 bits per heavy atom. The van der Waals surface area contributed by atoms with Gasteiger partial charge in [0, 0.05) is 13.0 Å². The molecule has 5 heteroatoms. The molecule has 1 amide bonds. The summed E-state index contributed by atoms with van der Waals surface area (Å²) in [5.41, 5.74) is 2.05. The van der Waals surface area contributed by atoms with Crippen molar-refractivity contribution < 1.29 is 18.0 Å². The SMILES string of the molecule is CCc1ccc(CCC(=O)NCc2cccc(C(F)(F)F)c2)cc1. The van der Waals surface area contributed by atoms with Crippen molar-refractivity contribution in [3.63, 3.8) is 0 Å². The van der Waals surface area contributed by atoms with Crippen molar-refractivity contribution in [2.75, 3.05) is 0 Å². The summed E-state index contributed by atoms with van der Waals surface area (Å²) in [5.74, 6) is -0.174. The average Bonchev–Trinajstić information content (AvgIpc) is 2.58. The Hall–Kier alpha value is -2.30. The first-order chi connectivity index (χ1) is 11.4.